The summed E-state index contributed by atoms with van der Waals surface area (Å²) < 4.78 is 8.13. The molecule has 0 amide bonds. The number of nitrogens with zero attached hydrogens (tertiary/aromatic N) is 6. The Hall–Kier alpha value is -3.53. The van der Waals surface area contributed by atoms with Crippen molar-refractivity contribution in [3.63, 3.8) is 0 Å². The highest BCUT2D eigenvalue weighted by atomic mass is 16.5. The minimum Gasteiger partial charge on any atom is -0.457 e. The topological polar surface area (TPSA) is 97.4 Å². The lowest BCUT2D eigenvalue weighted by Crippen LogP contribution is -2.48. The number of benzene rings is 2. The molecular formula is C33H40N8O. The number of rotatable bonds is 7. The van der Waals surface area contributed by atoms with Gasteiger partial charge in [0, 0.05) is 57.4 Å². The van der Waals surface area contributed by atoms with Gasteiger partial charge >= 0.3 is 0 Å². The lowest BCUT2D eigenvalue weighted by Gasteiger charge is -2.37. The van der Waals surface area contributed by atoms with E-state index >= 15 is 0 Å². The minimum absolute atomic E-state index is 0.306. The Labute approximate surface area is 247 Å². The number of aromatic nitrogens is 4. The van der Waals surface area contributed by atoms with Crippen molar-refractivity contribution in [3.8, 4) is 22.8 Å². The van der Waals surface area contributed by atoms with Crippen LogP contribution in [0.3, 0.4) is 0 Å². The Bertz CT molecular complexity index is 1510. The first kappa shape index (κ1) is 26.1. The lowest BCUT2D eigenvalue weighted by atomic mass is 10.0. The fraction of sp³-hybridized carbons (Fsp3) is 0.485. The molecule has 2 unspecified atom stereocenters. The zero-order chi connectivity index (χ0) is 28.0. The average Bonchev–Trinajstić information content (AvgIpc) is 3.69. The van der Waals surface area contributed by atoms with Crippen LogP contribution in [0.5, 0.6) is 11.5 Å². The van der Waals surface area contributed by atoms with Gasteiger partial charge in [-0.1, -0.05) is 18.2 Å². The van der Waals surface area contributed by atoms with Gasteiger partial charge in [-0.2, -0.15) is 5.10 Å². The first-order valence-corrected chi connectivity index (χ1v) is 15.7. The molecule has 0 radical (unpaired) electrons. The molecule has 3 saturated heterocycles. The smallest absolute Gasteiger partial charge is 0.164 e. The molecule has 8 rings (SSSR count). The maximum atomic E-state index is 6.42. The van der Waals surface area contributed by atoms with Gasteiger partial charge in [-0.05, 0) is 79.8 Å². The largest absolute Gasteiger partial charge is 0.457 e. The Morgan fingerprint density at radius 3 is 2.26 bits per heavy atom. The standard InChI is InChI=1S/C33H40N8O/c34-32-30-31(23-6-8-29(9-7-23)42-28-4-2-1-3-5-28)38-41(33(30)37-21-36-32)26-10-12-40(13-11-26)27-14-24-19-39(20-25(24)15-27)18-22-16-35-17-22/h1-9,21-22,24-27,35H,10-20H2,(H2,34,36,37)/t24-,25?,27?/m0/s1. The Morgan fingerprint density at radius 2 is 1.57 bits per heavy atom. The minimum atomic E-state index is 0.306. The Balaban J connectivity index is 0.948. The van der Waals surface area contributed by atoms with E-state index in [9.17, 15) is 0 Å². The molecule has 42 heavy (non-hydrogen) atoms. The molecule has 4 fully saturated rings. The number of hydrogen-bond donors (Lipinski definition) is 2. The number of anilines is 1. The molecule has 2 aromatic heterocycles. The first-order valence-electron chi connectivity index (χ1n) is 15.7. The summed E-state index contributed by atoms with van der Waals surface area (Å²) in [6, 6.07) is 18.9. The number of para-hydroxylation sites is 1. The van der Waals surface area contributed by atoms with Gasteiger partial charge in [-0.3, -0.25) is 0 Å². The summed E-state index contributed by atoms with van der Waals surface area (Å²) in [6.45, 7) is 8.60. The van der Waals surface area contributed by atoms with E-state index < -0.39 is 0 Å². The van der Waals surface area contributed by atoms with Crippen molar-refractivity contribution in [1.29, 1.82) is 0 Å². The SMILES string of the molecule is Nc1ncnc2c1c(-c1ccc(Oc3ccccc3)cc1)nn2C1CCN(C2CC3CN(CC4CNC4)C[C@@H]3C2)CC1. The van der Waals surface area contributed by atoms with Gasteiger partial charge < -0.3 is 25.6 Å². The first-order chi connectivity index (χ1) is 20.7. The second-order valence-electron chi connectivity index (χ2n) is 12.8. The molecule has 5 heterocycles. The molecule has 1 saturated carbocycles. The van der Waals surface area contributed by atoms with Crippen LogP contribution in [0, 0.1) is 17.8 Å². The van der Waals surface area contributed by atoms with Crippen LogP contribution in [0.25, 0.3) is 22.3 Å². The molecular weight excluding hydrogens is 524 g/mol. The summed E-state index contributed by atoms with van der Waals surface area (Å²) in [5.74, 6) is 4.73. The third kappa shape index (κ3) is 4.93. The number of hydrogen-bond acceptors (Lipinski definition) is 8. The maximum absolute atomic E-state index is 6.42. The van der Waals surface area contributed by atoms with Crippen molar-refractivity contribution < 1.29 is 4.74 Å². The quantitative estimate of drug-likeness (QED) is 0.340. The van der Waals surface area contributed by atoms with Crippen molar-refractivity contribution in [2.75, 3.05) is 51.5 Å². The van der Waals surface area contributed by atoms with Crippen molar-refractivity contribution in [2.24, 2.45) is 17.8 Å². The molecule has 1 aliphatic carbocycles. The molecule has 2 aromatic carbocycles. The number of fused-ring (bicyclic) bond motifs is 2. The van der Waals surface area contributed by atoms with Crippen LogP contribution < -0.4 is 15.8 Å². The van der Waals surface area contributed by atoms with Gasteiger partial charge in [0.25, 0.3) is 0 Å². The second kappa shape index (κ2) is 10.9. The van der Waals surface area contributed by atoms with E-state index in [-0.39, 0.29) is 0 Å². The highest BCUT2D eigenvalue weighted by Gasteiger charge is 2.43. The predicted octanol–water partition coefficient (Wildman–Crippen LogP) is 4.43. The van der Waals surface area contributed by atoms with Crippen LogP contribution in [-0.4, -0.2) is 81.4 Å². The van der Waals surface area contributed by atoms with E-state index in [0.29, 0.717) is 11.9 Å². The van der Waals surface area contributed by atoms with E-state index in [1.807, 2.05) is 54.6 Å². The van der Waals surface area contributed by atoms with E-state index in [1.54, 1.807) is 6.33 Å². The van der Waals surface area contributed by atoms with Crippen LogP contribution >= 0.6 is 0 Å². The third-order valence-electron chi connectivity index (χ3n) is 10.2. The Morgan fingerprint density at radius 1 is 0.857 bits per heavy atom. The molecule has 0 bridgehead atoms. The fourth-order valence-corrected chi connectivity index (χ4v) is 7.91. The van der Waals surface area contributed by atoms with Gasteiger partial charge in [0.15, 0.2) is 5.65 Å². The number of piperidine rings is 1. The number of nitrogens with one attached hydrogen (secondary N) is 1. The fourth-order valence-electron chi connectivity index (χ4n) is 7.91. The zero-order valence-electron chi connectivity index (χ0n) is 24.1. The highest BCUT2D eigenvalue weighted by Crippen LogP contribution is 2.42. The van der Waals surface area contributed by atoms with Crippen LogP contribution in [0.15, 0.2) is 60.9 Å². The van der Waals surface area contributed by atoms with Crippen molar-refractivity contribution in [3.05, 3.63) is 60.9 Å². The second-order valence-corrected chi connectivity index (χ2v) is 12.8. The molecule has 4 aliphatic rings. The molecule has 4 aromatic rings. The molecule has 3 N–H and O–H groups in total. The van der Waals surface area contributed by atoms with Crippen LogP contribution in [0.4, 0.5) is 5.82 Å². The highest BCUT2D eigenvalue weighted by molar-refractivity contribution is 5.98. The third-order valence-corrected chi connectivity index (χ3v) is 10.2. The zero-order valence-corrected chi connectivity index (χ0v) is 24.1. The summed E-state index contributed by atoms with van der Waals surface area (Å²) in [6.07, 6.45) is 6.47. The average molecular weight is 565 g/mol. The van der Waals surface area contributed by atoms with E-state index in [0.717, 1.165) is 83.5 Å². The molecule has 0 spiro atoms. The molecule has 9 heteroatoms. The van der Waals surface area contributed by atoms with Gasteiger partial charge in [-0.25, -0.2) is 14.6 Å². The summed E-state index contributed by atoms with van der Waals surface area (Å²) in [5.41, 5.74) is 9.07. The van der Waals surface area contributed by atoms with Crippen molar-refractivity contribution >= 4 is 16.9 Å². The van der Waals surface area contributed by atoms with E-state index in [1.165, 1.54) is 45.6 Å². The summed E-state index contributed by atoms with van der Waals surface area (Å²) in [5, 5.41) is 9.40. The molecule has 9 nitrogen and oxygen atoms in total. The summed E-state index contributed by atoms with van der Waals surface area (Å²) >= 11 is 0. The number of nitrogen functional groups attached to an aromatic ring is 1. The maximum Gasteiger partial charge on any atom is 0.164 e. The summed E-state index contributed by atoms with van der Waals surface area (Å²) in [4.78, 5) is 14.5. The van der Waals surface area contributed by atoms with Crippen LogP contribution in [0.1, 0.15) is 31.7 Å². The van der Waals surface area contributed by atoms with Gasteiger partial charge in [0.2, 0.25) is 0 Å². The van der Waals surface area contributed by atoms with Crippen molar-refractivity contribution in [1.82, 2.24) is 34.9 Å². The molecule has 3 atom stereocenters. The van der Waals surface area contributed by atoms with Gasteiger partial charge in [0.05, 0.1) is 11.4 Å². The van der Waals surface area contributed by atoms with E-state index in [2.05, 4.69) is 29.8 Å². The monoisotopic (exact) mass is 564 g/mol. The number of likely N-dealkylation sites (tertiary alicyclic amines) is 2. The van der Waals surface area contributed by atoms with E-state index in [4.69, 9.17) is 15.6 Å². The van der Waals surface area contributed by atoms with Crippen molar-refractivity contribution in [2.45, 2.75) is 37.8 Å². The van der Waals surface area contributed by atoms with Crippen LogP contribution in [-0.2, 0) is 0 Å². The Kier molecular flexibility index (Phi) is 6.81. The van der Waals surface area contributed by atoms with Gasteiger partial charge in [0.1, 0.15) is 29.3 Å². The number of nitrogens with two attached hydrogens (primary N) is 1. The molecule has 218 valence electrons. The number of ether oxygens (including phenoxy) is 1. The van der Waals surface area contributed by atoms with Crippen LogP contribution in [0.2, 0.25) is 0 Å². The summed E-state index contributed by atoms with van der Waals surface area (Å²) in [7, 11) is 0. The predicted molar refractivity (Wildman–Crippen MR) is 164 cm³/mol. The van der Waals surface area contributed by atoms with Gasteiger partial charge in [-0.15, -0.1) is 0 Å². The molecule has 3 aliphatic heterocycles. The normalized spacial score (nSPS) is 25.6. The lowest BCUT2D eigenvalue weighted by molar-refractivity contribution is 0.122.